The van der Waals surface area contributed by atoms with E-state index in [9.17, 15) is 9.59 Å². The second kappa shape index (κ2) is 7.81. The third-order valence-corrected chi connectivity index (χ3v) is 5.31. The minimum absolute atomic E-state index is 0.0800. The van der Waals surface area contributed by atoms with E-state index < -0.39 is 5.97 Å². The Bertz CT molecular complexity index is 361. The minimum Gasteiger partial charge on any atom is -0.481 e. The molecular weight excluding hydrogens is 266 g/mol. The summed E-state index contributed by atoms with van der Waals surface area (Å²) in [5, 5.41) is 12.1. The Morgan fingerprint density at radius 3 is 2.29 bits per heavy atom. The molecule has 2 aliphatic rings. The van der Waals surface area contributed by atoms with E-state index in [1.54, 1.807) is 0 Å². The Morgan fingerprint density at radius 1 is 1.05 bits per heavy atom. The number of carboxylic acids is 1. The quantitative estimate of drug-likeness (QED) is 0.789. The Balaban J connectivity index is 1.69. The summed E-state index contributed by atoms with van der Waals surface area (Å²) in [5.74, 6) is 0.159. The van der Waals surface area contributed by atoms with Crippen LogP contribution in [0.25, 0.3) is 0 Å². The van der Waals surface area contributed by atoms with Gasteiger partial charge in [-0.1, -0.05) is 26.2 Å². The lowest BCUT2D eigenvalue weighted by Gasteiger charge is -2.28. The molecule has 0 aromatic rings. The Labute approximate surface area is 127 Å². The molecule has 0 unspecified atom stereocenters. The molecule has 0 radical (unpaired) electrons. The molecule has 2 rings (SSSR count). The highest BCUT2D eigenvalue weighted by Crippen LogP contribution is 2.33. The maximum absolute atomic E-state index is 12.3. The van der Waals surface area contributed by atoms with Crippen LogP contribution in [0.3, 0.4) is 0 Å². The van der Waals surface area contributed by atoms with Crippen molar-refractivity contribution in [2.75, 3.05) is 0 Å². The zero-order chi connectivity index (χ0) is 15.2. The topological polar surface area (TPSA) is 66.4 Å². The molecule has 2 aliphatic carbocycles. The third-order valence-electron chi connectivity index (χ3n) is 5.31. The SMILES string of the molecule is CCCCC1CCC(C(=O)N[C@H]2CC[C@@H](C(=O)O)C2)CC1. The van der Waals surface area contributed by atoms with E-state index in [0.717, 1.165) is 25.2 Å². The summed E-state index contributed by atoms with van der Waals surface area (Å²) < 4.78 is 0. The first kappa shape index (κ1) is 16.3. The van der Waals surface area contributed by atoms with E-state index in [4.69, 9.17) is 5.11 Å². The summed E-state index contributed by atoms with van der Waals surface area (Å²) in [7, 11) is 0. The molecule has 0 aromatic carbocycles. The molecule has 120 valence electrons. The molecule has 2 saturated carbocycles. The number of carbonyl (C=O) groups is 2. The molecule has 2 fully saturated rings. The first-order valence-corrected chi connectivity index (χ1v) is 8.63. The molecular formula is C17H29NO3. The van der Waals surface area contributed by atoms with E-state index in [1.165, 1.54) is 32.1 Å². The van der Waals surface area contributed by atoms with Gasteiger partial charge in [0.1, 0.15) is 0 Å². The Morgan fingerprint density at radius 2 is 1.71 bits per heavy atom. The van der Waals surface area contributed by atoms with Crippen LogP contribution < -0.4 is 5.32 Å². The van der Waals surface area contributed by atoms with Crippen LogP contribution in [0, 0.1) is 17.8 Å². The summed E-state index contributed by atoms with van der Waals surface area (Å²) in [6.07, 6.45) is 10.4. The maximum Gasteiger partial charge on any atom is 0.306 e. The van der Waals surface area contributed by atoms with Crippen LogP contribution in [-0.2, 0) is 9.59 Å². The normalized spacial score (nSPS) is 32.8. The van der Waals surface area contributed by atoms with E-state index in [1.807, 2.05) is 0 Å². The number of nitrogens with one attached hydrogen (secondary N) is 1. The van der Waals surface area contributed by atoms with Crippen LogP contribution in [0.4, 0.5) is 0 Å². The van der Waals surface area contributed by atoms with Crippen molar-refractivity contribution in [1.82, 2.24) is 5.32 Å². The molecule has 0 saturated heterocycles. The van der Waals surface area contributed by atoms with E-state index >= 15 is 0 Å². The number of unbranched alkanes of at least 4 members (excludes halogenated alkanes) is 1. The number of rotatable bonds is 6. The van der Waals surface area contributed by atoms with Crippen molar-refractivity contribution in [2.24, 2.45) is 17.8 Å². The molecule has 0 spiro atoms. The van der Waals surface area contributed by atoms with Crippen LogP contribution in [0.2, 0.25) is 0 Å². The van der Waals surface area contributed by atoms with Crippen LogP contribution in [-0.4, -0.2) is 23.0 Å². The number of hydrogen-bond donors (Lipinski definition) is 2. The van der Waals surface area contributed by atoms with Gasteiger partial charge in [-0.2, -0.15) is 0 Å². The van der Waals surface area contributed by atoms with Gasteiger partial charge in [-0.05, 0) is 50.9 Å². The summed E-state index contributed by atoms with van der Waals surface area (Å²) in [6.45, 7) is 2.23. The summed E-state index contributed by atoms with van der Waals surface area (Å²) in [4.78, 5) is 23.2. The van der Waals surface area contributed by atoms with Crippen molar-refractivity contribution in [2.45, 2.75) is 77.2 Å². The Hall–Kier alpha value is -1.06. The van der Waals surface area contributed by atoms with Gasteiger partial charge in [-0.25, -0.2) is 0 Å². The lowest BCUT2D eigenvalue weighted by Crippen LogP contribution is -2.39. The highest BCUT2D eigenvalue weighted by atomic mass is 16.4. The van der Waals surface area contributed by atoms with Gasteiger partial charge in [0.2, 0.25) is 5.91 Å². The Kier molecular flexibility index (Phi) is 6.07. The molecule has 0 aromatic heterocycles. The van der Waals surface area contributed by atoms with Crippen LogP contribution in [0.1, 0.15) is 71.1 Å². The predicted octanol–water partition coefficient (Wildman–Crippen LogP) is 3.35. The van der Waals surface area contributed by atoms with Gasteiger partial charge in [-0.15, -0.1) is 0 Å². The molecule has 0 aliphatic heterocycles. The highest BCUT2D eigenvalue weighted by Gasteiger charge is 2.33. The summed E-state index contributed by atoms with van der Waals surface area (Å²) >= 11 is 0. The molecule has 4 nitrogen and oxygen atoms in total. The van der Waals surface area contributed by atoms with Gasteiger partial charge < -0.3 is 10.4 Å². The van der Waals surface area contributed by atoms with Crippen LogP contribution in [0.5, 0.6) is 0 Å². The van der Waals surface area contributed by atoms with Crippen LogP contribution >= 0.6 is 0 Å². The number of carboxylic acid groups (broad SMARTS) is 1. The molecule has 2 atom stereocenters. The zero-order valence-corrected chi connectivity index (χ0v) is 13.1. The van der Waals surface area contributed by atoms with Gasteiger partial charge in [0.05, 0.1) is 5.92 Å². The van der Waals surface area contributed by atoms with Crippen molar-refractivity contribution in [3.63, 3.8) is 0 Å². The second-order valence-corrected chi connectivity index (χ2v) is 6.91. The van der Waals surface area contributed by atoms with Crippen molar-refractivity contribution in [1.29, 1.82) is 0 Å². The summed E-state index contributed by atoms with van der Waals surface area (Å²) in [5.41, 5.74) is 0. The first-order valence-electron chi connectivity index (χ1n) is 8.63. The van der Waals surface area contributed by atoms with Crippen molar-refractivity contribution < 1.29 is 14.7 Å². The molecule has 4 heteroatoms. The molecule has 2 N–H and O–H groups in total. The van der Waals surface area contributed by atoms with E-state index in [2.05, 4.69) is 12.2 Å². The van der Waals surface area contributed by atoms with Crippen molar-refractivity contribution >= 4 is 11.9 Å². The van der Waals surface area contributed by atoms with Gasteiger partial charge in [-0.3, -0.25) is 9.59 Å². The largest absolute Gasteiger partial charge is 0.481 e. The van der Waals surface area contributed by atoms with Crippen LogP contribution in [0.15, 0.2) is 0 Å². The number of hydrogen-bond acceptors (Lipinski definition) is 2. The van der Waals surface area contributed by atoms with E-state index in [0.29, 0.717) is 12.8 Å². The molecule has 0 heterocycles. The standard InChI is InChI=1S/C17H29NO3/c1-2-3-4-12-5-7-13(8-6-12)16(19)18-15-10-9-14(11-15)17(20)21/h12-15H,2-11H2,1H3,(H,18,19)(H,20,21)/t12?,13?,14-,15+/m1/s1. The van der Waals surface area contributed by atoms with E-state index in [-0.39, 0.29) is 23.8 Å². The number of amides is 1. The van der Waals surface area contributed by atoms with Gasteiger partial charge in [0.25, 0.3) is 0 Å². The fraction of sp³-hybridized carbons (Fsp3) is 0.882. The lowest BCUT2D eigenvalue weighted by atomic mass is 9.79. The first-order chi connectivity index (χ1) is 10.1. The molecule has 21 heavy (non-hydrogen) atoms. The second-order valence-electron chi connectivity index (χ2n) is 6.91. The summed E-state index contributed by atoms with van der Waals surface area (Å²) in [6, 6.07) is 0.0800. The zero-order valence-electron chi connectivity index (χ0n) is 13.1. The minimum atomic E-state index is -0.719. The average Bonchev–Trinajstić information content (AvgIpc) is 2.94. The average molecular weight is 295 g/mol. The van der Waals surface area contributed by atoms with Crippen molar-refractivity contribution in [3.05, 3.63) is 0 Å². The van der Waals surface area contributed by atoms with Gasteiger partial charge >= 0.3 is 5.97 Å². The molecule has 1 amide bonds. The van der Waals surface area contributed by atoms with Gasteiger partial charge in [0.15, 0.2) is 0 Å². The smallest absolute Gasteiger partial charge is 0.306 e. The monoisotopic (exact) mass is 295 g/mol. The number of carbonyl (C=O) groups excluding carboxylic acids is 1. The third kappa shape index (κ3) is 4.72. The van der Waals surface area contributed by atoms with Gasteiger partial charge in [0, 0.05) is 12.0 Å². The fourth-order valence-electron chi connectivity index (χ4n) is 3.86. The predicted molar refractivity (Wildman–Crippen MR) is 81.9 cm³/mol. The highest BCUT2D eigenvalue weighted by molar-refractivity contribution is 5.79. The lowest BCUT2D eigenvalue weighted by molar-refractivity contribution is -0.141. The maximum atomic E-state index is 12.3. The fourth-order valence-corrected chi connectivity index (χ4v) is 3.86. The van der Waals surface area contributed by atoms with Crippen molar-refractivity contribution in [3.8, 4) is 0 Å². The number of aliphatic carboxylic acids is 1. The molecule has 0 bridgehead atoms.